The molecule has 1 aliphatic rings. The standard InChI is InChI=1S/C22H20FN7O2/c1-32-21(31)30-12-22(13-30,20-16(23)3-2-8-24-20)11-25-19-7-6-17(28-29-19)14-4-5-18-15(9-14)10-26-27-18/h2-10H,11-13H2,1H3,(H,25,29)(H,26,27). The summed E-state index contributed by atoms with van der Waals surface area (Å²) in [5.74, 6) is 0.139. The van der Waals surface area contributed by atoms with Crippen LogP contribution in [0.4, 0.5) is 15.0 Å². The molecule has 9 nitrogen and oxygen atoms in total. The molecule has 0 aliphatic carbocycles. The van der Waals surface area contributed by atoms with E-state index in [1.54, 1.807) is 18.5 Å². The van der Waals surface area contributed by atoms with Gasteiger partial charge in [0.25, 0.3) is 0 Å². The summed E-state index contributed by atoms with van der Waals surface area (Å²) in [7, 11) is 1.32. The number of likely N-dealkylation sites (tertiary alicyclic amines) is 1. The molecule has 0 atom stereocenters. The Morgan fingerprint density at radius 2 is 2.12 bits per heavy atom. The van der Waals surface area contributed by atoms with Crippen molar-refractivity contribution in [2.45, 2.75) is 5.41 Å². The molecule has 1 amide bonds. The topological polar surface area (TPSA) is 109 Å². The van der Waals surface area contributed by atoms with E-state index in [2.05, 4.69) is 30.7 Å². The third-order valence-electron chi connectivity index (χ3n) is 5.69. The first-order valence-electron chi connectivity index (χ1n) is 10.0. The summed E-state index contributed by atoms with van der Waals surface area (Å²) in [5.41, 5.74) is 2.23. The maximum Gasteiger partial charge on any atom is 0.409 e. The predicted octanol–water partition coefficient (Wildman–Crippen LogP) is 2.99. The van der Waals surface area contributed by atoms with Gasteiger partial charge in [-0.25, -0.2) is 9.18 Å². The fourth-order valence-corrected chi connectivity index (χ4v) is 4.01. The van der Waals surface area contributed by atoms with E-state index in [4.69, 9.17) is 4.74 Å². The number of pyridine rings is 1. The summed E-state index contributed by atoms with van der Waals surface area (Å²) in [6, 6.07) is 12.5. The molecule has 5 rings (SSSR count). The van der Waals surface area contributed by atoms with Gasteiger partial charge in [0.15, 0.2) is 0 Å². The van der Waals surface area contributed by atoms with Crippen molar-refractivity contribution in [3.63, 3.8) is 0 Å². The average molecular weight is 433 g/mol. The molecule has 1 saturated heterocycles. The molecular formula is C22H20FN7O2. The number of rotatable bonds is 5. The number of fused-ring (bicyclic) bond motifs is 1. The van der Waals surface area contributed by atoms with Crippen LogP contribution in [-0.4, -0.2) is 63.1 Å². The Morgan fingerprint density at radius 3 is 2.88 bits per heavy atom. The second-order valence-electron chi connectivity index (χ2n) is 7.77. The van der Waals surface area contributed by atoms with Gasteiger partial charge in [0.2, 0.25) is 0 Å². The number of aromatic amines is 1. The molecule has 32 heavy (non-hydrogen) atoms. The van der Waals surface area contributed by atoms with Crippen molar-refractivity contribution in [2.24, 2.45) is 0 Å². The average Bonchev–Trinajstić information content (AvgIpc) is 3.27. The molecule has 162 valence electrons. The summed E-state index contributed by atoms with van der Waals surface area (Å²) in [5, 5.41) is 19.7. The number of nitrogens with zero attached hydrogens (tertiary/aromatic N) is 5. The number of hydrogen-bond donors (Lipinski definition) is 2. The van der Waals surface area contributed by atoms with Gasteiger partial charge in [0, 0.05) is 36.8 Å². The number of nitrogens with one attached hydrogen (secondary N) is 2. The Morgan fingerprint density at radius 1 is 1.25 bits per heavy atom. The van der Waals surface area contributed by atoms with E-state index in [-0.39, 0.29) is 13.1 Å². The molecule has 4 aromatic rings. The van der Waals surface area contributed by atoms with Gasteiger partial charge in [-0.2, -0.15) is 5.10 Å². The first-order chi connectivity index (χ1) is 15.6. The fraction of sp³-hybridized carbons (Fsp3) is 0.227. The highest BCUT2D eigenvalue weighted by molar-refractivity contribution is 5.83. The maximum absolute atomic E-state index is 14.5. The van der Waals surface area contributed by atoms with Gasteiger partial charge in [0.05, 0.1) is 35.6 Å². The highest BCUT2D eigenvalue weighted by Gasteiger charge is 2.49. The van der Waals surface area contributed by atoms with Crippen LogP contribution in [0.15, 0.2) is 54.9 Å². The fourth-order valence-electron chi connectivity index (χ4n) is 4.01. The van der Waals surface area contributed by atoms with Crippen LogP contribution in [0.5, 0.6) is 0 Å². The number of halogens is 1. The maximum atomic E-state index is 14.5. The normalized spacial score (nSPS) is 14.8. The summed E-state index contributed by atoms with van der Waals surface area (Å²) in [6.07, 6.45) is 2.86. The van der Waals surface area contributed by atoms with Crippen LogP contribution in [0, 0.1) is 5.82 Å². The number of methoxy groups -OCH3 is 1. The molecule has 0 spiro atoms. The zero-order chi connectivity index (χ0) is 22.1. The lowest BCUT2D eigenvalue weighted by Crippen LogP contribution is -2.64. The number of H-pyrrole nitrogens is 1. The number of anilines is 1. The number of aromatic nitrogens is 5. The van der Waals surface area contributed by atoms with Gasteiger partial charge in [-0.1, -0.05) is 6.07 Å². The van der Waals surface area contributed by atoms with Crippen molar-refractivity contribution in [1.82, 2.24) is 30.3 Å². The molecule has 2 N–H and O–H groups in total. The summed E-state index contributed by atoms with van der Waals surface area (Å²) < 4.78 is 19.3. The summed E-state index contributed by atoms with van der Waals surface area (Å²) in [6.45, 7) is 0.914. The van der Waals surface area contributed by atoms with Gasteiger partial charge >= 0.3 is 6.09 Å². The van der Waals surface area contributed by atoms with Gasteiger partial charge in [0.1, 0.15) is 11.6 Å². The molecule has 1 aliphatic heterocycles. The number of carbonyl (C=O) groups is 1. The Kier molecular flexibility index (Phi) is 4.89. The number of hydrogen-bond acceptors (Lipinski definition) is 7. The lowest BCUT2D eigenvalue weighted by molar-refractivity contribution is 0.0500. The zero-order valence-electron chi connectivity index (χ0n) is 17.2. The van der Waals surface area contributed by atoms with Crippen molar-refractivity contribution in [3.05, 3.63) is 66.4 Å². The first kappa shape index (κ1) is 19.9. The lowest BCUT2D eigenvalue weighted by Gasteiger charge is -2.48. The third kappa shape index (κ3) is 3.49. The van der Waals surface area contributed by atoms with Gasteiger partial charge in [-0.3, -0.25) is 10.1 Å². The number of benzene rings is 1. The number of carbonyl (C=O) groups excluding carboxylic acids is 1. The molecule has 1 aromatic carbocycles. The van der Waals surface area contributed by atoms with E-state index in [1.165, 1.54) is 18.1 Å². The predicted molar refractivity (Wildman–Crippen MR) is 115 cm³/mol. The van der Waals surface area contributed by atoms with Crippen LogP contribution in [0.25, 0.3) is 22.2 Å². The summed E-state index contributed by atoms with van der Waals surface area (Å²) >= 11 is 0. The third-order valence-corrected chi connectivity index (χ3v) is 5.69. The Bertz CT molecular complexity index is 1270. The minimum absolute atomic E-state index is 0.289. The van der Waals surface area contributed by atoms with Crippen molar-refractivity contribution in [1.29, 1.82) is 0 Å². The summed E-state index contributed by atoms with van der Waals surface area (Å²) in [4.78, 5) is 17.6. The smallest absolute Gasteiger partial charge is 0.409 e. The quantitative estimate of drug-likeness (QED) is 0.498. The first-order valence-corrected chi connectivity index (χ1v) is 10.0. The molecule has 0 saturated carbocycles. The number of ether oxygens (including phenoxy) is 1. The molecule has 0 unspecified atom stereocenters. The largest absolute Gasteiger partial charge is 0.453 e. The second-order valence-corrected chi connectivity index (χ2v) is 7.77. The van der Waals surface area contributed by atoms with Crippen molar-refractivity contribution in [2.75, 3.05) is 32.1 Å². The molecule has 0 bridgehead atoms. The number of amides is 1. The van der Waals surface area contributed by atoms with Crippen LogP contribution in [0.1, 0.15) is 5.69 Å². The SMILES string of the molecule is COC(=O)N1CC(CNc2ccc(-c3ccc4[nH]ncc4c3)nn2)(c2ncccc2F)C1. The molecule has 3 aromatic heterocycles. The second kappa shape index (κ2) is 7.88. The zero-order valence-corrected chi connectivity index (χ0v) is 17.2. The van der Waals surface area contributed by atoms with Crippen LogP contribution in [0.3, 0.4) is 0 Å². The van der Waals surface area contributed by atoms with E-state index in [0.717, 1.165) is 22.2 Å². The molecule has 1 fully saturated rings. The molecule has 0 radical (unpaired) electrons. The Balaban J connectivity index is 1.33. The van der Waals surface area contributed by atoms with E-state index >= 15 is 0 Å². The van der Waals surface area contributed by atoms with Crippen molar-refractivity contribution >= 4 is 22.8 Å². The van der Waals surface area contributed by atoms with Gasteiger partial charge < -0.3 is 15.0 Å². The van der Waals surface area contributed by atoms with Crippen LogP contribution >= 0.6 is 0 Å². The van der Waals surface area contributed by atoms with Gasteiger partial charge in [-0.15, -0.1) is 10.2 Å². The van der Waals surface area contributed by atoms with E-state index < -0.39 is 17.3 Å². The Labute approximate surface area is 182 Å². The lowest BCUT2D eigenvalue weighted by atomic mass is 9.76. The monoisotopic (exact) mass is 433 g/mol. The highest BCUT2D eigenvalue weighted by atomic mass is 19.1. The molecule has 4 heterocycles. The highest BCUT2D eigenvalue weighted by Crippen LogP contribution is 2.35. The van der Waals surface area contributed by atoms with Gasteiger partial charge in [-0.05, 0) is 36.4 Å². The van der Waals surface area contributed by atoms with Crippen molar-refractivity contribution < 1.29 is 13.9 Å². The van der Waals surface area contributed by atoms with E-state index in [1.807, 2.05) is 30.3 Å². The molecular weight excluding hydrogens is 413 g/mol. The Hall–Kier alpha value is -4.08. The van der Waals surface area contributed by atoms with E-state index in [0.29, 0.717) is 18.1 Å². The van der Waals surface area contributed by atoms with Crippen LogP contribution in [-0.2, 0) is 10.2 Å². The molecule has 10 heteroatoms. The van der Waals surface area contributed by atoms with Crippen molar-refractivity contribution in [3.8, 4) is 11.3 Å². The van der Waals surface area contributed by atoms with Crippen LogP contribution < -0.4 is 5.32 Å². The van der Waals surface area contributed by atoms with E-state index in [9.17, 15) is 9.18 Å². The minimum Gasteiger partial charge on any atom is -0.453 e. The van der Waals surface area contributed by atoms with Crippen LogP contribution in [0.2, 0.25) is 0 Å². The minimum atomic E-state index is -0.688.